The summed E-state index contributed by atoms with van der Waals surface area (Å²) in [6.45, 7) is 2.27. The first kappa shape index (κ1) is 19.5. The molecule has 0 spiro atoms. The minimum Gasteiger partial charge on any atom is -0.492 e. The number of likely N-dealkylation sites (N-methyl/N-ethyl adjacent to an activating group) is 1. The summed E-state index contributed by atoms with van der Waals surface area (Å²) in [5.41, 5.74) is 10.1. The van der Waals surface area contributed by atoms with Crippen molar-refractivity contribution in [1.29, 1.82) is 0 Å². The second-order valence-electron chi connectivity index (χ2n) is 7.19. The molecule has 0 aliphatic rings. The molecule has 7 heteroatoms. The standard InChI is InChI=1S/C22H25N5OS/c1-26(2)12-13-28-16-10-8-15(9-11-16)14-27-20-17-6-4-5-7-18(17)24-21(23)19(20)25-22(27)29-3/h4-11H,12-14H2,1-3H3,(H2,23,24). The van der Waals surface area contributed by atoms with Crippen LogP contribution in [0.1, 0.15) is 5.56 Å². The molecule has 0 radical (unpaired) electrons. The number of hydrogen-bond donors (Lipinski definition) is 1. The van der Waals surface area contributed by atoms with E-state index < -0.39 is 0 Å². The number of nitrogen functional groups attached to an aromatic ring is 1. The summed E-state index contributed by atoms with van der Waals surface area (Å²) in [5, 5.41) is 1.99. The second kappa shape index (κ2) is 8.31. The van der Waals surface area contributed by atoms with E-state index in [4.69, 9.17) is 15.5 Å². The highest BCUT2D eigenvalue weighted by atomic mass is 32.2. The number of para-hydroxylation sites is 1. The fourth-order valence-corrected chi connectivity index (χ4v) is 3.92. The van der Waals surface area contributed by atoms with E-state index in [9.17, 15) is 0 Å². The molecule has 2 heterocycles. The Kier molecular flexibility index (Phi) is 5.60. The average molecular weight is 408 g/mol. The molecule has 4 rings (SSSR count). The van der Waals surface area contributed by atoms with Gasteiger partial charge in [0.05, 0.1) is 17.6 Å². The molecule has 0 fully saturated rings. The van der Waals surface area contributed by atoms with Crippen LogP contribution in [-0.2, 0) is 6.54 Å². The quantitative estimate of drug-likeness (QED) is 0.469. The topological polar surface area (TPSA) is 69.2 Å². The number of aromatic nitrogens is 3. The van der Waals surface area contributed by atoms with Crippen LogP contribution in [0, 0.1) is 0 Å². The summed E-state index contributed by atoms with van der Waals surface area (Å²) in [6, 6.07) is 16.3. The molecule has 0 saturated carbocycles. The lowest BCUT2D eigenvalue weighted by atomic mass is 10.1. The summed E-state index contributed by atoms with van der Waals surface area (Å²) >= 11 is 1.61. The first-order valence-electron chi connectivity index (χ1n) is 9.51. The molecule has 2 aromatic heterocycles. The van der Waals surface area contributed by atoms with Crippen molar-refractivity contribution in [3.8, 4) is 5.75 Å². The van der Waals surface area contributed by atoms with Crippen molar-refractivity contribution in [1.82, 2.24) is 19.4 Å². The van der Waals surface area contributed by atoms with E-state index in [1.807, 2.05) is 50.7 Å². The van der Waals surface area contributed by atoms with Gasteiger partial charge in [-0.05, 0) is 44.1 Å². The molecule has 0 aliphatic carbocycles. The first-order chi connectivity index (χ1) is 14.1. The Morgan fingerprint density at radius 2 is 1.83 bits per heavy atom. The number of imidazole rings is 1. The third-order valence-corrected chi connectivity index (χ3v) is 5.51. The zero-order valence-corrected chi connectivity index (χ0v) is 17.7. The Labute approximate surface area is 174 Å². The van der Waals surface area contributed by atoms with Gasteiger partial charge in [-0.25, -0.2) is 9.97 Å². The largest absolute Gasteiger partial charge is 0.492 e. The third-order valence-electron chi connectivity index (χ3n) is 4.83. The van der Waals surface area contributed by atoms with Crippen LogP contribution in [0.3, 0.4) is 0 Å². The molecule has 4 aromatic rings. The maximum atomic E-state index is 6.22. The van der Waals surface area contributed by atoms with Crippen LogP contribution in [0.2, 0.25) is 0 Å². The molecule has 0 aliphatic heterocycles. The molecule has 0 amide bonds. The lowest BCUT2D eigenvalue weighted by Gasteiger charge is -2.12. The van der Waals surface area contributed by atoms with Gasteiger partial charge in [0.15, 0.2) is 11.0 Å². The van der Waals surface area contributed by atoms with Gasteiger partial charge in [-0.1, -0.05) is 42.1 Å². The van der Waals surface area contributed by atoms with Crippen molar-refractivity contribution in [3.05, 3.63) is 54.1 Å². The van der Waals surface area contributed by atoms with Gasteiger partial charge in [0.1, 0.15) is 17.9 Å². The smallest absolute Gasteiger partial charge is 0.169 e. The van der Waals surface area contributed by atoms with Gasteiger partial charge in [-0.3, -0.25) is 0 Å². The predicted octanol–water partition coefficient (Wildman–Crippen LogP) is 3.88. The number of rotatable bonds is 7. The number of hydrogen-bond acceptors (Lipinski definition) is 6. The van der Waals surface area contributed by atoms with Crippen molar-refractivity contribution < 1.29 is 4.74 Å². The molecule has 0 atom stereocenters. The molecule has 150 valence electrons. The molecule has 2 N–H and O–H groups in total. The average Bonchev–Trinajstić information content (AvgIpc) is 3.08. The molecule has 6 nitrogen and oxygen atoms in total. The lowest BCUT2D eigenvalue weighted by molar-refractivity contribution is 0.261. The molecule has 29 heavy (non-hydrogen) atoms. The van der Waals surface area contributed by atoms with E-state index in [1.54, 1.807) is 11.8 Å². The number of thioether (sulfide) groups is 1. The highest BCUT2D eigenvalue weighted by Crippen LogP contribution is 2.32. The van der Waals surface area contributed by atoms with Gasteiger partial charge in [0.25, 0.3) is 0 Å². The molecule has 0 saturated heterocycles. The number of ether oxygens (including phenoxy) is 1. The van der Waals surface area contributed by atoms with E-state index >= 15 is 0 Å². The fraction of sp³-hybridized carbons (Fsp3) is 0.273. The molecule has 0 unspecified atom stereocenters. The summed E-state index contributed by atoms with van der Waals surface area (Å²) in [5.74, 6) is 1.35. The first-order valence-corrected chi connectivity index (χ1v) is 10.7. The molecule has 2 aromatic carbocycles. The van der Waals surface area contributed by atoms with Gasteiger partial charge in [0, 0.05) is 11.9 Å². The van der Waals surface area contributed by atoms with Gasteiger partial charge in [-0.15, -0.1) is 0 Å². The SMILES string of the molecule is CSc1nc2c(N)nc3ccccc3c2n1Cc1ccc(OCCN(C)C)cc1. The number of pyridine rings is 1. The third kappa shape index (κ3) is 4.02. The van der Waals surface area contributed by atoms with Crippen LogP contribution in [0.4, 0.5) is 5.82 Å². The Hall–Kier alpha value is -2.77. The number of nitrogens with zero attached hydrogens (tertiary/aromatic N) is 4. The summed E-state index contributed by atoms with van der Waals surface area (Å²) < 4.78 is 8.03. The monoisotopic (exact) mass is 407 g/mol. The van der Waals surface area contributed by atoms with E-state index in [0.717, 1.165) is 39.4 Å². The van der Waals surface area contributed by atoms with Crippen LogP contribution in [-0.4, -0.2) is 52.9 Å². The highest BCUT2D eigenvalue weighted by Gasteiger charge is 2.17. The van der Waals surface area contributed by atoms with Crippen molar-refractivity contribution in [3.63, 3.8) is 0 Å². The number of anilines is 1. The van der Waals surface area contributed by atoms with Gasteiger partial charge >= 0.3 is 0 Å². The van der Waals surface area contributed by atoms with Crippen LogP contribution >= 0.6 is 11.8 Å². The minimum absolute atomic E-state index is 0.470. The lowest BCUT2D eigenvalue weighted by Crippen LogP contribution is -2.19. The van der Waals surface area contributed by atoms with Crippen LogP contribution in [0.15, 0.2) is 53.7 Å². The molecular weight excluding hydrogens is 382 g/mol. The Morgan fingerprint density at radius 1 is 1.07 bits per heavy atom. The van der Waals surface area contributed by atoms with Gasteiger partial charge in [0.2, 0.25) is 0 Å². The van der Waals surface area contributed by atoms with Gasteiger partial charge < -0.3 is 19.9 Å². The van der Waals surface area contributed by atoms with E-state index in [0.29, 0.717) is 19.0 Å². The molecule has 0 bridgehead atoms. The van der Waals surface area contributed by atoms with Gasteiger partial charge in [-0.2, -0.15) is 0 Å². The summed E-state index contributed by atoms with van der Waals surface area (Å²) in [4.78, 5) is 11.4. The number of benzene rings is 2. The zero-order chi connectivity index (χ0) is 20.4. The van der Waals surface area contributed by atoms with Crippen LogP contribution in [0.5, 0.6) is 5.75 Å². The fourth-order valence-electron chi connectivity index (χ4n) is 3.36. The summed E-state index contributed by atoms with van der Waals surface area (Å²) in [7, 11) is 4.08. The Morgan fingerprint density at radius 3 is 2.55 bits per heavy atom. The second-order valence-corrected chi connectivity index (χ2v) is 7.97. The van der Waals surface area contributed by atoms with Crippen molar-refractivity contribution in [2.45, 2.75) is 11.7 Å². The van der Waals surface area contributed by atoms with E-state index in [2.05, 4.69) is 32.7 Å². The minimum atomic E-state index is 0.470. The van der Waals surface area contributed by atoms with Crippen molar-refractivity contribution in [2.24, 2.45) is 0 Å². The van der Waals surface area contributed by atoms with Crippen molar-refractivity contribution >= 4 is 39.5 Å². The van der Waals surface area contributed by atoms with Crippen LogP contribution in [0.25, 0.3) is 21.9 Å². The maximum Gasteiger partial charge on any atom is 0.169 e. The normalized spacial score (nSPS) is 11.6. The number of nitrogens with two attached hydrogens (primary N) is 1. The predicted molar refractivity (Wildman–Crippen MR) is 121 cm³/mol. The van der Waals surface area contributed by atoms with Crippen molar-refractivity contribution in [2.75, 3.05) is 39.2 Å². The highest BCUT2D eigenvalue weighted by molar-refractivity contribution is 7.98. The maximum absolute atomic E-state index is 6.22. The zero-order valence-electron chi connectivity index (χ0n) is 16.9. The Balaban J connectivity index is 1.69. The van der Waals surface area contributed by atoms with E-state index in [1.165, 1.54) is 5.56 Å². The van der Waals surface area contributed by atoms with E-state index in [-0.39, 0.29) is 0 Å². The summed E-state index contributed by atoms with van der Waals surface area (Å²) in [6.07, 6.45) is 2.03. The number of fused-ring (bicyclic) bond motifs is 3. The molecular formula is C22H25N5OS. The Bertz CT molecular complexity index is 1140. The van der Waals surface area contributed by atoms with Crippen LogP contribution < -0.4 is 10.5 Å².